The molecule has 0 fully saturated rings. The summed E-state index contributed by atoms with van der Waals surface area (Å²) in [7, 11) is 0. The van der Waals surface area contributed by atoms with Gasteiger partial charge in [-0.25, -0.2) is 0 Å². The van der Waals surface area contributed by atoms with Crippen LogP contribution in [0.25, 0.3) is 144 Å². The first-order chi connectivity index (χ1) is 46.1. The van der Waals surface area contributed by atoms with Crippen molar-refractivity contribution in [2.24, 2.45) is 0 Å². The summed E-state index contributed by atoms with van der Waals surface area (Å²) in [5, 5.41) is 4.93. The van der Waals surface area contributed by atoms with Crippen molar-refractivity contribution in [3.05, 3.63) is 386 Å². The first-order valence-corrected chi connectivity index (χ1v) is 32.2. The van der Waals surface area contributed by atoms with Gasteiger partial charge in [0.1, 0.15) is 0 Å². The highest BCUT2D eigenvalue weighted by Crippen LogP contribution is 2.57. The molecule has 0 unspecified atom stereocenters. The van der Waals surface area contributed by atoms with Crippen molar-refractivity contribution in [3.8, 4) is 100 Å². The summed E-state index contributed by atoms with van der Waals surface area (Å²) in [6.07, 6.45) is 0. The molecule has 0 saturated heterocycles. The number of nitrogens with zero attached hydrogens (tertiary/aromatic N) is 2. The average molecular weight is 1180 g/mol. The molecule has 0 aliphatic heterocycles. The van der Waals surface area contributed by atoms with E-state index in [9.17, 15) is 0 Å². The zero-order valence-corrected chi connectivity index (χ0v) is 51.0. The quantitative estimate of drug-likeness (QED) is 0.122. The number of rotatable bonds is 11. The zero-order valence-electron chi connectivity index (χ0n) is 51.0. The molecule has 17 aromatic rings. The lowest BCUT2D eigenvalue weighted by Crippen LogP contribution is -2.28. The molecule has 93 heavy (non-hydrogen) atoms. The van der Waals surface area contributed by atoms with E-state index in [4.69, 9.17) is 0 Å². The van der Waals surface area contributed by atoms with Gasteiger partial charge < -0.3 is 9.13 Å². The summed E-state index contributed by atoms with van der Waals surface area (Å²) >= 11 is 0. The Morgan fingerprint density at radius 1 is 0.183 bits per heavy atom. The van der Waals surface area contributed by atoms with Crippen LogP contribution in [0.2, 0.25) is 0 Å². The zero-order chi connectivity index (χ0) is 61.4. The molecule has 18 rings (SSSR count). The maximum atomic E-state index is 2.46. The van der Waals surface area contributed by atoms with Crippen molar-refractivity contribution in [2.45, 2.75) is 5.41 Å². The highest BCUT2D eigenvalue weighted by atomic mass is 15.0. The fraction of sp³-hybridized carbons (Fsp3) is 0.0110. The van der Waals surface area contributed by atoms with Crippen LogP contribution in [0.4, 0.5) is 0 Å². The Kier molecular flexibility index (Phi) is 12.8. The van der Waals surface area contributed by atoms with Gasteiger partial charge in [-0.2, -0.15) is 0 Å². The molecule has 2 nitrogen and oxygen atoms in total. The van der Waals surface area contributed by atoms with E-state index < -0.39 is 5.41 Å². The molecule has 434 valence electrons. The third-order valence-electron chi connectivity index (χ3n) is 19.6. The van der Waals surface area contributed by atoms with Crippen LogP contribution in [0.1, 0.15) is 22.3 Å². The van der Waals surface area contributed by atoms with Gasteiger partial charge in [-0.15, -0.1) is 0 Å². The molecule has 0 radical (unpaired) electrons. The molecule has 15 aromatic carbocycles. The number of benzene rings is 15. The number of para-hydroxylation sites is 3. The molecular formula is C91H60N2. The minimum atomic E-state index is -0.554. The Hall–Kier alpha value is -12.1. The van der Waals surface area contributed by atoms with Crippen LogP contribution in [0.15, 0.2) is 364 Å². The number of aromatic nitrogens is 2. The molecular weight excluding hydrogens is 1120 g/mol. The van der Waals surface area contributed by atoms with Crippen molar-refractivity contribution >= 4 is 43.6 Å². The van der Waals surface area contributed by atoms with E-state index in [0.29, 0.717) is 0 Å². The Morgan fingerprint density at radius 3 is 1.10 bits per heavy atom. The van der Waals surface area contributed by atoms with E-state index in [-0.39, 0.29) is 0 Å². The highest BCUT2D eigenvalue weighted by molar-refractivity contribution is 6.13. The van der Waals surface area contributed by atoms with Crippen LogP contribution in [-0.4, -0.2) is 9.13 Å². The largest absolute Gasteiger partial charge is 0.309 e. The fourth-order valence-corrected chi connectivity index (χ4v) is 15.3. The Bertz CT molecular complexity index is 5680. The average Bonchev–Trinajstić information content (AvgIpc) is 1.58. The van der Waals surface area contributed by atoms with E-state index in [1.54, 1.807) is 0 Å². The monoisotopic (exact) mass is 1180 g/mol. The first kappa shape index (κ1) is 53.9. The van der Waals surface area contributed by atoms with Crippen molar-refractivity contribution in [2.75, 3.05) is 0 Å². The maximum Gasteiger partial charge on any atom is 0.0713 e. The summed E-state index contributed by atoms with van der Waals surface area (Å²) in [5.74, 6) is 0. The van der Waals surface area contributed by atoms with Gasteiger partial charge >= 0.3 is 0 Å². The first-order valence-electron chi connectivity index (χ1n) is 32.2. The molecule has 2 heteroatoms. The predicted octanol–water partition coefficient (Wildman–Crippen LogP) is 23.9. The molecule has 1 aliphatic carbocycles. The Balaban J connectivity index is 0.661. The van der Waals surface area contributed by atoms with E-state index in [1.165, 1.54) is 155 Å². The second-order valence-corrected chi connectivity index (χ2v) is 24.7. The van der Waals surface area contributed by atoms with Crippen molar-refractivity contribution in [3.63, 3.8) is 0 Å². The summed E-state index contributed by atoms with van der Waals surface area (Å²) in [5.41, 5.74) is 30.8. The summed E-state index contributed by atoms with van der Waals surface area (Å²) < 4.78 is 4.87. The van der Waals surface area contributed by atoms with Crippen LogP contribution in [0, 0.1) is 0 Å². The molecule has 0 amide bonds. The SMILES string of the molecule is c1ccc(-c2cccc(-c3cccc(C4(c5cccc(-c6ccc(-c7ccc(-c8ccccc8-n8c9ccccc9c9cc(-c%10ccc%11c(c%10)c%10ccccc%10n%11-c%10cccc(-c%11ccccc%11)c%10)ccc98)cc7)cc6)c5)c5ccccc5-c5ccccc54)c3)c2)cc1. The lowest BCUT2D eigenvalue weighted by atomic mass is 9.67. The van der Waals surface area contributed by atoms with Crippen molar-refractivity contribution in [1.29, 1.82) is 0 Å². The molecule has 0 bridgehead atoms. The van der Waals surface area contributed by atoms with Crippen LogP contribution >= 0.6 is 0 Å². The van der Waals surface area contributed by atoms with E-state index >= 15 is 0 Å². The van der Waals surface area contributed by atoms with Gasteiger partial charge in [-0.3, -0.25) is 0 Å². The fourth-order valence-electron chi connectivity index (χ4n) is 15.3. The lowest BCUT2D eigenvalue weighted by Gasteiger charge is -2.34. The van der Waals surface area contributed by atoms with Gasteiger partial charge in [-0.1, -0.05) is 291 Å². The van der Waals surface area contributed by atoms with Gasteiger partial charge in [0.05, 0.1) is 33.2 Å². The van der Waals surface area contributed by atoms with Crippen LogP contribution in [0.5, 0.6) is 0 Å². The number of hydrogen-bond donors (Lipinski definition) is 0. The molecule has 0 spiro atoms. The van der Waals surface area contributed by atoms with Crippen LogP contribution < -0.4 is 0 Å². The van der Waals surface area contributed by atoms with Gasteiger partial charge in [-0.05, 0) is 179 Å². The summed E-state index contributed by atoms with van der Waals surface area (Å²) in [4.78, 5) is 0. The van der Waals surface area contributed by atoms with Gasteiger partial charge in [0, 0.05) is 32.8 Å². The standard InChI is InChI=1S/C91H60N2/c1-3-21-61(22-4-1)67-25-17-26-68(55-67)70-28-19-31-75(57-70)91(84-38-12-7-34-78(84)79-35-8-13-39-85(79)91)74-30-18-27-69(56-74)65-45-43-63(44-46-65)64-47-49-66(50-48-64)77-33-9-14-40-86(77)93-88-42-16-11-37-81(88)83-60-73(52-54-90(83)93)72-51-53-89-82(59-72)80-36-10-15-41-87(80)92(89)76-32-20-29-71(58-76)62-23-5-2-6-24-62/h1-60H. The smallest absolute Gasteiger partial charge is 0.0713 e. The molecule has 1 aliphatic rings. The predicted molar refractivity (Wildman–Crippen MR) is 390 cm³/mol. The van der Waals surface area contributed by atoms with Crippen molar-refractivity contribution < 1.29 is 0 Å². The normalized spacial score (nSPS) is 12.4. The van der Waals surface area contributed by atoms with E-state index in [1.807, 2.05) is 0 Å². The maximum absolute atomic E-state index is 2.46. The van der Waals surface area contributed by atoms with Crippen LogP contribution in [0.3, 0.4) is 0 Å². The molecule has 2 heterocycles. The third kappa shape index (κ3) is 8.94. The molecule has 0 saturated carbocycles. The Labute approximate surface area is 541 Å². The third-order valence-corrected chi connectivity index (χ3v) is 19.6. The second-order valence-electron chi connectivity index (χ2n) is 24.7. The van der Waals surface area contributed by atoms with E-state index in [2.05, 4.69) is 373 Å². The topological polar surface area (TPSA) is 9.86 Å². The van der Waals surface area contributed by atoms with Crippen LogP contribution in [-0.2, 0) is 5.41 Å². The summed E-state index contributed by atoms with van der Waals surface area (Å²) in [6, 6.07) is 135. The lowest BCUT2D eigenvalue weighted by molar-refractivity contribution is 0.769. The number of hydrogen-bond acceptors (Lipinski definition) is 0. The van der Waals surface area contributed by atoms with Gasteiger partial charge in [0.15, 0.2) is 0 Å². The highest BCUT2D eigenvalue weighted by Gasteiger charge is 2.46. The molecule has 2 aromatic heterocycles. The van der Waals surface area contributed by atoms with Gasteiger partial charge in [0.2, 0.25) is 0 Å². The van der Waals surface area contributed by atoms with E-state index in [0.717, 1.165) is 11.4 Å². The van der Waals surface area contributed by atoms with Crippen molar-refractivity contribution in [1.82, 2.24) is 9.13 Å². The Morgan fingerprint density at radius 2 is 0.527 bits per heavy atom. The molecule has 0 N–H and O–H groups in total. The molecule has 0 atom stereocenters. The summed E-state index contributed by atoms with van der Waals surface area (Å²) in [6.45, 7) is 0. The number of fused-ring (bicyclic) bond motifs is 9. The van der Waals surface area contributed by atoms with Gasteiger partial charge in [0.25, 0.3) is 0 Å². The minimum Gasteiger partial charge on any atom is -0.309 e. The minimum absolute atomic E-state index is 0.554. The second kappa shape index (κ2) is 22.1.